The van der Waals surface area contributed by atoms with Crippen LogP contribution >= 0.6 is 11.8 Å². The second-order valence-corrected chi connectivity index (χ2v) is 4.95. The summed E-state index contributed by atoms with van der Waals surface area (Å²) in [7, 11) is 1.68. The van der Waals surface area contributed by atoms with Crippen LogP contribution in [0.1, 0.15) is 15.9 Å². The summed E-state index contributed by atoms with van der Waals surface area (Å²) in [6.45, 7) is -0.167. The van der Waals surface area contributed by atoms with E-state index in [-0.39, 0.29) is 12.4 Å². The van der Waals surface area contributed by atoms with Crippen molar-refractivity contribution >= 4 is 17.5 Å². The predicted molar refractivity (Wildman–Crippen MR) is 65.1 cm³/mol. The monoisotopic (exact) mass is 237 g/mol. The molecule has 2 rings (SSSR count). The van der Waals surface area contributed by atoms with Crippen LogP contribution in [0, 0.1) is 0 Å². The Morgan fingerprint density at radius 3 is 3.12 bits per heavy atom. The van der Waals surface area contributed by atoms with Crippen LogP contribution in [-0.2, 0) is 6.42 Å². The van der Waals surface area contributed by atoms with E-state index in [0.29, 0.717) is 5.56 Å². The van der Waals surface area contributed by atoms with Gasteiger partial charge in [-0.25, -0.2) is 0 Å². The van der Waals surface area contributed by atoms with Crippen molar-refractivity contribution in [2.75, 3.05) is 19.4 Å². The molecule has 1 aliphatic rings. The van der Waals surface area contributed by atoms with E-state index in [1.165, 1.54) is 10.5 Å². The first-order valence-corrected chi connectivity index (χ1v) is 6.33. The summed E-state index contributed by atoms with van der Waals surface area (Å²) in [5.41, 5.74) is 2.01. The van der Waals surface area contributed by atoms with Crippen molar-refractivity contribution in [2.45, 2.75) is 17.4 Å². The number of hydrogen-bond donors (Lipinski definition) is 2. The molecule has 0 saturated carbocycles. The van der Waals surface area contributed by atoms with Crippen LogP contribution in [0.3, 0.4) is 0 Å². The molecule has 0 radical (unpaired) electrons. The summed E-state index contributed by atoms with van der Waals surface area (Å²) in [6, 6.07) is 5.32. The third-order valence-electron chi connectivity index (χ3n) is 2.83. The lowest BCUT2D eigenvalue weighted by molar-refractivity contribution is 0.0904. The standard InChI is InChI=1S/C12H15NO2S/c1-13-10(7-14)12(15)9-3-2-8-4-5-16-11(8)6-9/h2-3,6,10,13-14H,4-5,7H2,1H3. The maximum absolute atomic E-state index is 12.0. The van der Waals surface area contributed by atoms with Crippen LogP contribution in [0.15, 0.2) is 23.1 Å². The SMILES string of the molecule is CNC(CO)C(=O)c1ccc2c(c1)SCC2. The molecular formula is C12H15NO2S. The molecule has 0 bridgehead atoms. The van der Waals surface area contributed by atoms with Crippen molar-refractivity contribution < 1.29 is 9.90 Å². The zero-order chi connectivity index (χ0) is 11.5. The Morgan fingerprint density at radius 1 is 1.62 bits per heavy atom. The van der Waals surface area contributed by atoms with E-state index in [0.717, 1.165) is 12.2 Å². The number of nitrogens with one attached hydrogen (secondary N) is 1. The van der Waals surface area contributed by atoms with Crippen molar-refractivity contribution in [1.29, 1.82) is 0 Å². The van der Waals surface area contributed by atoms with E-state index in [1.807, 2.05) is 18.2 Å². The Bertz CT molecular complexity index is 402. The van der Waals surface area contributed by atoms with Gasteiger partial charge in [0.1, 0.15) is 0 Å². The third kappa shape index (κ3) is 2.14. The van der Waals surface area contributed by atoms with Crippen molar-refractivity contribution in [3.8, 4) is 0 Å². The molecule has 4 heteroatoms. The van der Waals surface area contributed by atoms with Gasteiger partial charge in [0.2, 0.25) is 0 Å². The number of aliphatic hydroxyl groups is 1. The smallest absolute Gasteiger partial charge is 0.182 e. The normalized spacial score (nSPS) is 15.9. The van der Waals surface area contributed by atoms with E-state index in [4.69, 9.17) is 5.11 Å². The minimum absolute atomic E-state index is 0.0414. The molecule has 1 heterocycles. The average molecular weight is 237 g/mol. The highest BCUT2D eigenvalue weighted by atomic mass is 32.2. The number of carbonyl (C=O) groups is 1. The summed E-state index contributed by atoms with van der Waals surface area (Å²) in [5.74, 6) is 1.06. The molecule has 0 saturated heterocycles. The van der Waals surface area contributed by atoms with E-state index in [2.05, 4.69) is 5.32 Å². The van der Waals surface area contributed by atoms with E-state index in [9.17, 15) is 4.79 Å². The summed E-state index contributed by atoms with van der Waals surface area (Å²) < 4.78 is 0. The molecule has 3 nitrogen and oxygen atoms in total. The van der Waals surface area contributed by atoms with Crippen LogP contribution in [0.4, 0.5) is 0 Å². The highest BCUT2D eigenvalue weighted by Crippen LogP contribution is 2.31. The van der Waals surface area contributed by atoms with Crippen LogP contribution in [0.5, 0.6) is 0 Å². The number of rotatable bonds is 4. The zero-order valence-electron chi connectivity index (χ0n) is 9.19. The fourth-order valence-corrected chi connectivity index (χ4v) is 2.93. The highest BCUT2D eigenvalue weighted by Gasteiger charge is 2.19. The highest BCUT2D eigenvalue weighted by molar-refractivity contribution is 7.99. The van der Waals surface area contributed by atoms with Gasteiger partial charge < -0.3 is 10.4 Å². The lowest BCUT2D eigenvalue weighted by atomic mass is 10.0. The van der Waals surface area contributed by atoms with Gasteiger partial charge in [0, 0.05) is 16.2 Å². The molecule has 16 heavy (non-hydrogen) atoms. The second kappa shape index (κ2) is 4.99. The van der Waals surface area contributed by atoms with E-state index >= 15 is 0 Å². The molecule has 0 aromatic heterocycles. The zero-order valence-corrected chi connectivity index (χ0v) is 10.0. The first kappa shape index (κ1) is 11.6. The van der Waals surface area contributed by atoms with Gasteiger partial charge in [-0.2, -0.15) is 0 Å². The van der Waals surface area contributed by atoms with Crippen LogP contribution < -0.4 is 5.32 Å². The first-order valence-electron chi connectivity index (χ1n) is 5.34. The molecule has 1 aromatic carbocycles. The molecule has 0 aliphatic carbocycles. The molecule has 2 N–H and O–H groups in total. The van der Waals surface area contributed by atoms with Gasteiger partial charge in [-0.15, -0.1) is 11.8 Å². The topological polar surface area (TPSA) is 49.3 Å². The molecule has 1 aliphatic heterocycles. The summed E-state index contributed by atoms with van der Waals surface area (Å²) >= 11 is 1.79. The average Bonchev–Trinajstić information content (AvgIpc) is 2.77. The third-order valence-corrected chi connectivity index (χ3v) is 3.93. The minimum Gasteiger partial charge on any atom is -0.394 e. The molecule has 86 valence electrons. The van der Waals surface area contributed by atoms with E-state index in [1.54, 1.807) is 18.8 Å². The number of carbonyl (C=O) groups excluding carboxylic acids is 1. The molecule has 1 aromatic rings. The Labute approximate surface area is 99.2 Å². The van der Waals surface area contributed by atoms with Gasteiger partial charge in [-0.1, -0.05) is 12.1 Å². The van der Waals surface area contributed by atoms with E-state index < -0.39 is 6.04 Å². The molecule has 1 unspecified atom stereocenters. The van der Waals surface area contributed by atoms with Gasteiger partial charge in [-0.3, -0.25) is 4.79 Å². The Hall–Kier alpha value is -0.840. The lowest BCUT2D eigenvalue weighted by Crippen LogP contribution is -2.37. The summed E-state index contributed by atoms with van der Waals surface area (Å²) in [6.07, 6.45) is 1.09. The van der Waals surface area contributed by atoms with Crippen LogP contribution in [0.25, 0.3) is 0 Å². The molecule has 0 spiro atoms. The van der Waals surface area contributed by atoms with Crippen molar-refractivity contribution in [1.82, 2.24) is 5.32 Å². The van der Waals surface area contributed by atoms with Crippen molar-refractivity contribution in [3.05, 3.63) is 29.3 Å². The number of ketones is 1. The van der Waals surface area contributed by atoms with Crippen LogP contribution in [0.2, 0.25) is 0 Å². The number of likely N-dealkylation sites (N-methyl/N-ethyl adjacent to an activating group) is 1. The quantitative estimate of drug-likeness (QED) is 0.770. The molecule has 0 fully saturated rings. The fraction of sp³-hybridized carbons (Fsp3) is 0.417. The van der Waals surface area contributed by atoms with Gasteiger partial charge in [-0.05, 0) is 25.1 Å². The Kier molecular flexibility index (Phi) is 3.63. The number of thioether (sulfide) groups is 1. The maximum Gasteiger partial charge on any atom is 0.182 e. The molecule has 0 amide bonds. The number of aryl methyl sites for hydroxylation is 1. The second-order valence-electron chi connectivity index (χ2n) is 3.81. The van der Waals surface area contributed by atoms with Crippen LogP contribution in [-0.4, -0.2) is 36.3 Å². The minimum atomic E-state index is -0.496. The van der Waals surface area contributed by atoms with Crippen molar-refractivity contribution in [2.24, 2.45) is 0 Å². The van der Waals surface area contributed by atoms with Gasteiger partial charge in [0.15, 0.2) is 5.78 Å². The number of hydrogen-bond acceptors (Lipinski definition) is 4. The maximum atomic E-state index is 12.0. The number of aliphatic hydroxyl groups excluding tert-OH is 1. The Morgan fingerprint density at radius 2 is 2.44 bits per heavy atom. The summed E-state index contributed by atoms with van der Waals surface area (Å²) in [5, 5.41) is 11.9. The van der Waals surface area contributed by atoms with Gasteiger partial charge >= 0.3 is 0 Å². The number of Topliss-reactive ketones (excluding diaryl/α,β-unsaturated/α-hetero) is 1. The predicted octanol–water partition coefficient (Wildman–Crippen LogP) is 1.10. The lowest BCUT2D eigenvalue weighted by Gasteiger charge is -2.12. The number of benzene rings is 1. The largest absolute Gasteiger partial charge is 0.394 e. The van der Waals surface area contributed by atoms with Gasteiger partial charge in [0.25, 0.3) is 0 Å². The molecule has 1 atom stereocenters. The number of fused-ring (bicyclic) bond motifs is 1. The van der Waals surface area contributed by atoms with Gasteiger partial charge in [0.05, 0.1) is 12.6 Å². The molecular weight excluding hydrogens is 222 g/mol. The Balaban J connectivity index is 2.24. The first-order chi connectivity index (χ1) is 7.76. The van der Waals surface area contributed by atoms with Crippen molar-refractivity contribution in [3.63, 3.8) is 0 Å². The summed E-state index contributed by atoms with van der Waals surface area (Å²) in [4.78, 5) is 13.2. The fourth-order valence-electron chi connectivity index (χ4n) is 1.83.